The van der Waals surface area contributed by atoms with E-state index in [2.05, 4.69) is 4.98 Å². The molecule has 14 heavy (non-hydrogen) atoms. The van der Waals surface area contributed by atoms with Gasteiger partial charge in [0.2, 0.25) is 0 Å². The quantitative estimate of drug-likeness (QED) is 0.749. The van der Waals surface area contributed by atoms with Gasteiger partial charge >= 0.3 is 0 Å². The van der Waals surface area contributed by atoms with Crippen LogP contribution >= 0.6 is 22.7 Å². The second-order valence-corrected chi connectivity index (χ2v) is 4.72. The van der Waals surface area contributed by atoms with Crippen molar-refractivity contribution in [2.24, 2.45) is 0 Å². The Labute approximate surface area is 90.2 Å². The van der Waals surface area contributed by atoms with Gasteiger partial charge in [-0.05, 0) is 17.9 Å². The standard InChI is InChI=1S/C10H9NOS2/c1-7-5-13-6-8(7)9(12)4-10-11-2-3-14-10/h2-3,5-6H,4H2,1H3. The van der Waals surface area contributed by atoms with Gasteiger partial charge in [0.05, 0.1) is 6.42 Å². The van der Waals surface area contributed by atoms with Gasteiger partial charge in [-0.1, -0.05) is 0 Å². The molecular formula is C10H9NOS2. The smallest absolute Gasteiger partial charge is 0.170 e. The molecule has 0 fully saturated rings. The topological polar surface area (TPSA) is 30.0 Å². The first kappa shape index (κ1) is 9.55. The van der Waals surface area contributed by atoms with Crippen molar-refractivity contribution in [3.05, 3.63) is 38.5 Å². The average molecular weight is 223 g/mol. The van der Waals surface area contributed by atoms with Crippen molar-refractivity contribution in [3.8, 4) is 0 Å². The van der Waals surface area contributed by atoms with Crippen LogP contribution in [-0.2, 0) is 6.42 Å². The monoisotopic (exact) mass is 223 g/mol. The lowest BCUT2D eigenvalue weighted by Crippen LogP contribution is -2.03. The Morgan fingerprint density at radius 3 is 2.93 bits per heavy atom. The normalized spacial score (nSPS) is 10.4. The maximum atomic E-state index is 11.8. The molecule has 0 atom stereocenters. The van der Waals surface area contributed by atoms with E-state index >= 15 is 0 Å². The highest BCUT2D eigenvalue weighted by Gasteiger charge is 2.11. The number of hydrogen-bond acceptors (Lipinski definition) is 4. The third-order valence-corrected chi connectivity index (χ3v) is 3.59. The summed E-state index contributed by atoms with van der Waals surface area (Å²) in [5, 5.41) is 6.68. The second kappa shape index (κ2) is 4.02. The molecule has 0 aliphatic carbocycles. The molecule has 0 aliphatic rings. The molecule has 2 aromatic rings. The van der Waals surface area contributed by atoms with Crippen molar-refractivity contribution >= 4 is 28.5 Å². The van der Waals surface area contributed by atoms with Crippen molar-refractivity contribution in [1.29, 1.82) is 0 Å². The Kier molecular flexibility index (Phi) is 2.74. The Hall–Kier alpha value is -1.00. The molecule has 4 heteroatoms. The van der Waals surface area contributed by atoms with Gasteiger partial charge < -0.3 is 0 Å². The zero-order chi connectivity index (χ0) is 9.97. The minimum Gasteiger partial charge on any atom is -0.294 e. The SMILES string of the molecule is Cc1cscc1C(=O)Cc1nccs1. The number of aryl methyl sites for hydroxylation is 1. The molecule has 2 aromatic heterocycles. The predicted molar refractivity (Wildman–Crippen MR) is 59.2 cm³/mol. The summed E-state index contributed by atoms with van der Waals surface area (Å²) >= 11 is 3.10. The largest absolute Gasteiger partial charge is 0.294 e. The van der Waals surface area contributed by atoms with E-state index in [-0.39, 0.29) is 5.78 Å². The van der Waals surface area contributed by atoms with Gasteiger partial charge in [-0.25, -0.2) is 4.98 Å². The Balaban J connectivity index is 2.14. The van der Waals surface area contributed by atoms with E-state index in [4.69, 9.17) is 0 Å². The molecule has 0 spiro atoms. The second-order valence-electron chi connectivity index (χ2n) is 2.99. The summed E-state index contributed by atoms with van der Waals surface area (Å²) in [6.07, 6.45) is 2.16. The molecule has 2 nitrogen and oxygen atoms in total. The van der Waals surface area contributed by atoms with E-state index in [0.29, 0.717) is 6.42 Å². The van der Waals surface area contributed by atoms with E-state index in [0.717, 1.165) is 16.1 Å². The first-order valence-electron chi connectivity index (χ1n) is 4.21. The summed E-state index contributed by atoms with van der Waals surface area (Å²) in [6.45, 7) is 1.96. The van der Waals surface area contributed by atoms with Crippen molar-refractivity contribution in [2.45, 2.75) is 13.3 Å². The number of carbonyl (C=O) groups is 1. The van der Waals surface area contributed by atoms with Crippen LogP contribution in [0.1, 0.15) is 20.9 Å². The molecule has 2 rings (SSSR count). The third kappa shape index (κ3) is 1.91. The molecule has 0 bridgehead atoms. The van der Waals surface area contributed by atoms with Gasteiger partial charge in [-0.15, -0.1) is 11.3 Å². The summed E-state index contributed by atoms with van der Waals surface area (Å²) in [7, 11) is 0. The molecule has 0 saturated heterocycles. The van der Waals surface area contributed by atoms with Crippen molar-refractivity contribution in [1.82, 2.24) is 4.98 Å². The van der Waals surface area contributed by atoms with Gasteiger partial charge in [0.1, 0.15) is 5.01 Å². The van der Waals surface area contributed by atoms with Crippen LogP contribution in [0.15, 0.2) is 22.3 Å². The highest BCUT2D eigenvalue weighted by atomic mass is 32.1. The number of ketones is 1. The third-order valence-electron chi connectivity index (χ3n) is 1.95. The maximum absolute atomic E-state index is 11.8. The molecule has 0 amide bonds. The Bertz CT molecular complexity index is 431. The highest BCUT2D eigenvalue weighted by molar-refractivity contribution is 7.09. The van der Waals surface area contributed by atoms with E-state index in [9.17, 15) is 4.79 Å². The molecule has 0 aromatic carbocycles. The zero-order valence-electron chi connectivity index (χ0n) is 7.69. The lowest BCUT2D eigenvalue weighted by Gasteiger charge is -1.96. The first-order chi connectivity index (χ1) is 6.77. The number of nitrogens with zero attached hydrogens (tertiary/aromatic N) is 1. The summed E-state index contributed by atoms with van der Waals surface area (Å²) in [5.41, 5.74) is 1.90. The summed E-state index contributed by atoms with van der Waals surface area (Å²) in [4.78, 5) is 15.9. The fourth-order valence-corrected chi connectivity index (χ4v) is 2.69. The fourth-order valence-electron chi connectivity index (χ4n) is 1.22. The average Bonchev–Trinajstić information content (AvgIpc) is 2.75. The van der Waals surface area contributed by atoms with Gasteiger partial charge in [0.15, 0.2) is 5.78 Å². The Morgan fingerprint density at radius 1 is 1.50 bits per heavy atom. The van der Waals surface area contributed by atoms with Crippen LogP contribution in [0.4, 0.5) is 0 Å². The molecule has 72 valence electrons. The molecule has 0 saturated carbocycles. The fraction of sp³-hybridized carbons (Fsp3) is 0.200. The van der Waals surface area contributed by atoms with E-state index in [1.807, 2.05) is 23.1 Å². The van der Waals surface area contributed by atoms with Gasteiger partial charge in [-0.3, -0.25) is 4.79 Å². The minimum atomic E-state index is 0.165. The number of hydrogen-bond donors (Lipinski definition) is 0. The number of thiazole rings is 1. The van der Waals surface area contributed by atoms with Crippen molar-refractivity contribution in [3.63, 3.8) is 0 Å². The van der Waals surface area contributed by atoms with Crippen LogP contribution in [0.2, 0.25) is 0 Å². The van der Waals surface area contributed by atoms with E-state index in [1.54, 1.807) is 17.5 Å². The minimum absolute atomic E-state index is 0.165. The number of rotatable bonds is 3. The number of thiophene rings is 1. The van der Waals surface area contributed by atoms with Crippen LogP contribution in [-0.4, -0.2) is 10.8 Å². The zero-order valence-corrected chi connectivity index (χ0v) is 9.32. The molecule has 0 aliphatic heterocycles. The molecule has 0 unspecified atom stereocenters. The van der Waals surface area contributed by atoms with Gasteiger partial charge in [0.25, 0.3) is 0 Å². The summed E-state index contributed by atoms with van der Waals surface area (Å²) in [6, 6.07) is 0. The van der Waals surface area contributed by atoms with Crippen LogP contribution in [0.5, 0.6) is 0 Å². The van der Waals surface area contributed by atoms with Crippen LogP contribution in [0, 0.1) is 6.92 Å². The highest BCUT2D eigenvalue weighted by Crippen LogP contribution is 2.17. The number of Topliss-reactive ketones (excluding diaryl/α,β-unsaturated/α-hetero) is 1. The lowest BCUT2D eigenvalue weighted by atomic mass is 10.1. The first-order valence-corrected chi connectivity index (χ1v) is 6.04. The van der Waals surface area contributed by atoms with Crippen LogP contribution in [0.3, 0.4) is 0 Å². The predicted octanol–water partition coefficient (Wildman–Crippen LogP) is 2.94. The number of carbonyl (C=O) groups excluding carboxylic acids is 1. The van der Waals surface area contributed by atoms with Crippen LogP contribution in [0.25, 0.3) is 0 Å². The van der Waals surface area contributed by atoms with Crippen molar-refractivity contribution in [2.75, 3.05) is 0 Å². The molecular weight excluding hydrogens is 214 g/mol. The van der Waals surface area contributed by atoms with Crippen LogP contribution < -0.4 is 0 Å². The van der Waals surface area contributed by atoms with E-state index in [1.165, 1.54) is 11.3 Å². The van der Waals surface area contributed by atoms with Crippen molar-refractivity contribution < 1.29 is 4.79 Å². The molecule has 0 N–H and O–H groups in total. The van der Waals surface area contributed by atoms with Gasteiger partial charge in [0, 0.05) is 22.5 Å². The summed E-state index contributed by atoms with van der Waals surface area (Å²) in [5.74, 6) is 0.165. The van der Waals surface area contributed by atoms with E-state index < -0.39 is 0 Å². The Morgan fingerprint density at radius 2 is 2.36 bits per heavy atom. The maximum Gasteiger partial charge on any atom is 0.170 e. The van der Waals surface area contributed by atoms with Gasteiger partial charge in [-0.2, -0.15) is 11.3 Å². The summed E-state index contributed by atoms with van der Waals surface area (Å²) < 4.78 is 0. The molecule has 2 heterocycles. The number of aromatic nitrogens is 1. The molecule has 0 radical (unpaired) electrons. The lowest BCUT2D eigenvalue weighted by molar-refractivity contribution is 0.0993.